The van der Waals surface area contributed by atoms with Crippen LogP contribution in [0.5, 0.6) is 0 Å². The van der Waals surface area contributed by atoms with E-state index in [4.69, 9.17) is 19.8 Å². The fourth-order valence-corrected chi connectivity index (χ4v) is 2.15. The average molecular weight is 409 g/mol. The molecule has 4 N–H and O–H groups in total. The molecule has 0 fully saturated rings. The van der Waals surface area contributed by atoms with E-state index in [1.165, 1.54) is 4.90 Å². The second kappa shape index (κ2) is 10.9. The lowest BCUT2D eigenvalue weighted by atomic mass is 9.96. The third-order valence-corrected chi connectivity index (χ3v) is 3.62. The Bertz CT molecular complexity index is 804. The van der Waals surface area contributed by atoms with E-state index in [9.17, 15) is 19.5 Å². The molecular formula is C18H23N3O8. The highest BCUT2D eigenvalue weighted by molar-refractivity contribution is 5.86. The third-order valence-electron chi connectivity index (χ3n) is 3.62. The third kappa shape index (κ3) is 8.49. The molecule has 11 nitrogen and oxygen atoms in total. The van der Waals surface area contributed by atoms with E-state index in [0.717, 1.165) is 30.1 Å². The van der Waals surface area contributed by atoms with Gasteiger partial charge in [-0.25, -0.2) is 0 Å². The fourth-order valence-electron chi connectivity index (χ4n) is 2.15. The maximum absolute atomic E-state index is 10.2. The molecule has 2 aromatic heterocycles. The lowest BCUT2D eigenvalue weighted by Crippen LogP contribution is -3.05. The van der Waals surface area contributed by atoms with Crippen molar-refractivity contribution in [3.63, 3.8) is 0 Å². The summed E-state index contributed by atoms with van der Waals surface area (Å²) in [5.41, 5.74) is -1.18. The van der Waals surface area contributed by atoms with Crippen LogP contribution in [0.2, 0.25) is 0 Å². The Kier molecular flexibility index (Phi) is 8.90. The first-order valence-electron chi connectivity index (χ1n) is 8.57. The van der Waals surface area contributed by atoms with Gasteiger partial charge in [-0.1, -0.05) is 11.2 Å². The van der Waals surface area contributed by atoms with Crippen molar-refractivity contribution < 1.29 is 44.2 Å². The van der Waals surface area contributed by atoms with Gasteiger partial charge in [0.25, 0.3) is 0 Å². The summed E-state index contributed by atoms with van der Waals surface area (Å²) in [5.74, 6) is -4.43. The molecule has 0 aromatic carbocycles. The number of carbonyl (C=O) groups is 3. The number of pyridine rings is 1. The molecule has 29 heavy (non-hydrogen) atoms. The average Bonchev–Trinajstić information content (AvgIpc) is 3.09. The summed E-state index contributed by atoms with van der Waals surface area (Å²) in [6.07, 6.45) is 0.249. The highest BCUT2D eigenvalue weighted by Crippen LogP contribution is 2.16. The highest BCUT2D eigenvalue weighted by atomic mass is 16.5. The normalized spacial score (nSPS) is 10.9. The Balaban J connectivity index is 0.000000298. The Morgan fingerprint density at radius 2 is 1.76 bits per heavy atom. The van der Waals surface area contributed by atoms with Crippen LogP contribution in [0.25, 0.3) is 11.4 Å². The number of rotatable bonds is 9. The van der Waals surface area contributed by atoms with Crippen LogP contribution in [-0.2, 0) is 20.8 Å². The van der Waals surface area contributed by atoms with Gasteiger partial charge in [0.2, 0.25) is 0 Å². The van der Waals surface area contributed by atoms with Crippen LogP contribution in [-0.4, -0.2) is 69.6 Å². The van der Waals surface area contributed by atoms with Crippen molar-refractivity contribution >= 4 is 17.9 Å². The Morgan fingerprint density at radius 3 is 2.21 bits per heavy atom. The van der Waals surface area contributed by atoms with Crippen molar-refractivity contribution in [2.45, 2.75) is 24.9 Å². The first kappa shape index (κ1) is 23.7. The van der Waals surface area contributed by atoms with Gasteiger partial charge in [0.1, 0.15) is 17.1 Å². The van der Waals surface area contributed by atoms with Crippen molar-refractivity contribution in [2.75, 3.05) is 20.6 Å². The maximum Gasteiger partial charge on any atom is 0.306 e. The number of aliphatic hydroxyl groups is 1. The van der Waals surface area contributed by atoms with E-state index in [2.05, 4.69) is 24.2 Å². The number of quaternary nitrogens is 1. The zero-order valence-corrected chi connectivity index (χ0v) is 16.0. The molecule has 0 saturated heterocycles. The number of aromatic nitrogens is 2. The molecular weight excluding hydrogens is 386 g/mol. The lowest BCUT2D eigenvalue weighted by molar-refractivity contribution is -0.858. The van der Waals surface area contributed by atoms with Gasteiger partial charge in [-0.15, -0.1) is 0 Å². The number of hydrogen-bond acceptors (Lipinski definition) is 8. The summed E-state index contributed by atoms with van der Waals surface area (Å²) >= 11 is 0. The summed E-state index contributed by atoms with van der Waals surface area (Å²) < 4.78 is 5.27. The largest absolute Gasteiger partial charge is 0.547 e. The molecule has 0 spiro atoms. The van der Waals surface area contributed by atoms with Gasteiger partial charge in [-0.05, 0) is 12.1 Å². The topological polar surface area (TPSA) is 178 Å². The number of likely N-dealkylation sites (N-methyl/N-ethyl adjacent to an activating group) is 1. The molecule has 2 rings (SSSR count). The first-order chi connectivity index (χ1) is 13.5. The van der Waals surface area contributed by atoms with Crippen molar-refractivity contribution in [3.05, 3.63) is 36.2 Å². The van der Waals surface area contributed by atoms with Crippen molar-refractivity contribution in [2.24, 2.45) is 0 Å². The summed E-state index contributed by atoms with van der Waals surface area (Å²) in [5, 5.41) is 39.6. The van der Waals surface area contributed by atoms with Gasteiger partial charge in [-0.2, -0.15) is 0 Å². The molecule has 11 heteroatoms. The summed E-state index contributed by atoms with van der Waals surface area (Å²) in [4.78, 5) is 35.9. The summed E-state index contributed by atoms with van der Waals surface area (Å²) in [7, 11) is 4.24. The van der Waals surface area contributed by atoms with Crippen LogP contribution in [0.1, 0.15) is 18.6 Å². The van der Waals surface area contributed by atoms with Gasteiger partial charge >= 0.3 is 11.9 Å². The molecule has 0 aliphatic carbocycles. The number of carbonyl (C=O) groups excluding carboxylic acids is 1. The van der Waals surface area contributed by atoms with Gasteiger partial charge in [-0.3, -0.25) is 14.6 Å². The molecule has 158 valence electrons. The summed E-state index contributed by atoms with van der Waals surface area (Å²) in [6, 6.07) is 7.73. The van der Waals surface area contributed by atoms with Crippen LogP contribution >= 0.6 is 0 Å². The molecule has 0 unspecified atom stereocenters. The zero-order valence-electron chi connectivity index (χ0n) is 16.0. The molecule has 2 aromatic rings. The Morgan fingerprint density at radius 1 is 1.14 bits per heavy atom. The van der Waals surface area contributed by atoms with E-state index in [-0.39, 0.29) is 0 Å². The van der Waals surface area contributed by atoms with Crippen LogP contribution in [0.3, 0.4) is 0 Å². The smallest absolute Gasteiger partial charge is 0.306 e. The van der Waals surface area contributed by atoms with Crippen LogP contribution < -0.4 is 10.0 Å². The zero-order chi connectivity index (χ0) is 22.0. The standard InChI is InChI=1S/C12H15N3O.C6H8O7/c1-15(2)8-6-10-9-12(14-16-10)11-5-3-4-7-13-11;7-3(8)1-6(13,5(11)12)2-4(9)10/h3-5,7,9H,6,8H2,1-2H3;13H,1-2H2,(H,7,8)(H,9,10)(H,11,12). The van der Waals surface area contributed by atoms with Crippen molar-refractivity contribution in [3.8, 4) is 11.4 Å². The van der Waals surface area contributed by atoms with Crippen molar-refractivity contribution in [1.82, 2.24) is 10.1 Å². The quantitative estimate of drug-likeness (QED) is 0.356. The SMILES string of the molecule is C[NH+](C)CCc1cc(-c2ccccn2)no1.O=C(O)CC(O)(CC(=O)O)C(=O)[O-]. The monoisotopic (exact) mass is 409 g/mol. The molecule has 0 atom stereocenters. The fraction of sp³-hybridized carbons (Fsp3) is 0.389. The summed E-state index contributed by atoms with van der Waals surface area (Å²) in [6.45, 7) is 1.04. The molecule has 0 saturated carbocycles. The number of aliphatic carboxylic acids is 3. The Hall–Kier alpha value is -3.31. The van der Waals surface area contributed by atoms with E-state index in [1.807, 2.05) is 24.3 Å². The Labute approximate surface area is 166 Å². The minimum Gasteiger partial charge on any atom is -0.547 e. The van der Waals surface area contributed by atoms with Crippen LogP contribution in [0.4, 0.5) is 0 Å². The van der Waals surface area contributed by atoms with E-state index in [0.29, 0.717) is 0 Å². The number of hydrogen-bond donors (Lipinski definition) is 4. The van der Waals surface area contributed by atoms with Crippen molar-refractivity contribution in [1.29, 1.82) is 0 Å². The molecule has 0 bridgehead atoms. The minimum atomic E-state index is -2.85. The molecule has 2 heterocycles. The van der Waals surface area contributed by atoms with Gasteiger partial charge in [0.15, 0.2) is 0 Å². The molecule has 0 aliphatic rings. The molecule has 0 radical (unpaired) electrons. The number of carboxylic acids is 3. The maximum atomic E-state index is 10.2. The van der Waals surface area contributed by atoms with Gasteiger partial charge < -0.3 is 34.6 Å². The van der Waals surface area contributed by atoms with Gasteiger partial charge in [0.05, 0.1) is 51.6 Å². The molecule has 0 aliphatic heterocycles. The number of carboxylic acid groups (broad SMARTS) is 3. The van der Waals surface area contributed by atoms with Crippen LogP contribution in [0, 0.1) is 0 Å². The second-order valence-corrected chi connectivity index (χ2v) is 6.56. The predicted molar refractivity (Wildman–Crippen MR) is 95.6 cm³/mol. The van der Waals surface area contributed by atoms with E-state index >= 15 is 0 Å². The van der Waals surface area contributed by atoms with Crippen LogP contribution in [0.15, 0.2) is 35.0 Å². The second-order valence-electron chi connectivity index (χ2n) is 6.56. The van der Waals surface area contributed by atoms with E-state index < -0.39 is 36.4 Å². The molecule has 0 amide bonds. The lowest BCUT2D eigenvalue weighted by Gasteiger charge is -2.25. The first-order valence-corrected chi connectivity index (χ1v) is 8.57. The van der Waals surface area contributed by atoms with Gasteiger partial charge in [0, 0.05) is 12.3 Å². The number of nitrogens with zero attached hydrogens (tertiary/aromatic N) is 2. The minimum absolute atomic E-state index is 0.810. The predicted octanol–water partition coefficient (Wildman–Crippen LogP) is -2.16. The van der Waals surface area contributed by atoms with E-state index in [1.54, 1.807) is 6.20 Å². The highest BCUT2D eigenvalue weighted by Gasteiger charge is 2.34. The number of nitrogens with one attached hydrogen (secondary N) is 1.